The summed E-state index contributed by atoms with van der Waals surface area (Å²) in [6, 6.07) is 0. The van der Waals surface area contributed by atoms with E-state index in [4.69, 9.17) is 0 Å². The number of hydrogen-bond acceptors (Lipinski definition) is 3. The van der Waals surface area contributed by atoms with Crippen LogP contribution >= 0.6 is 33.9 Å². The lowest BCUT2D eigenvalue weighted by Crippen LogP contribution is -1.92. The highest BCUT2D eigenvalue weighted by Gasteiger charge is 2.02. The van der Waals surface area contributed by atoms with Gasteiger partial charge in [0.25, 0.3) is 0 Å². The third kappa shape index (κ3) is 2.49. The van der Waals surface area contributed by atoms with E-state index < -0.39 is 0 Å². The molecule has 0 aliphatic rings. The Balaban J connectivity index is 2.58. The molecule has 0 bridgehead atoms. The third-order valence-corrected chi connectivity index (χ3v) is 2.64. The van der Waals surface area contributed by atoms with Crippen LogP contribution in [0.25, 0.3) is 0 Å². The van der Waals surface area contributed by atoms with E-state index in [2.05, 4.69) is 46.6 Å². The minimum atomic E-state index is 0.684. The first-order valence-corrected chi connectivity index (χ1v) is 5.06. The van der Waals surface area contributed by atoms with Gasteiger partial charge in [0.05, 0.1) is 0 Å². The zero-order chi connectivity index (χ0) is 7.56. The summed E-state index contributed by atoms with van der Waals surface area (Å²) in [6.07, 6.45) is 1.06. The molecular formula is C6H9IN2S. The molecule has 2 nitrogen and oxygen atoms in total. The van der Waals surface area contributed by atoms with Crippen LogP contribution in [0.4, 0.5) is 0 Å². The molecule has 0 aliphatic carbocycles. The summed E-state index contributed by atoms with van der Waals surface area (Å²) >= 11 is 3.87. The van der Waals surface area contributed by atoms with E-state index in [1.54, 1.807) is 11.3 Å². The number of halogens is 1. The monoisotopic (exact) mass is 268 g/mol. The Morgan fingerprint density at radius 1 is 1.50 bits per heavy atom. The first-order valence-electron chi connectivity index (χ1n) is 3.16. The van der Waals surface area contributed by atoms with Crippen LogP contribution in [0.2, 0.25) is 0 Å². The molecule has 0 saturated heterocycles. The van der Waals surface area contributed by atoms with Crippen LogP contribution in [0.1, 0.15) is 18.9 Å². The molecular weight excluding hydrogens is 259 g/mol. The Kier molecular flexibility index (Phi) is 3.03. The molecule has 0 saturated carbocycles. The number of aromatic nitrogens is 2. The second-order valence-corrected chi connectivity index (χ2v) is 5.36. The van der Waals surface area contributed by atoms with Crippen molar-refractivity contribution in [3.8, 4) is 0 Å². The molecule has 0 amide bonds. The van der Waals surface area contributed by atoms with Crippen LogP contribution in [0, 0.1) is 8.93 Å². The second kappa shape index (κ2) is 3.61. The minimum Gasteiger partial charge on any atom is -0.143 e. The molecule has 0 aliphatic heterocycles. The summed E-state index contributed by atoms with van der Waals surface area (Å²) in [5.41, 5.74) is 0. The summed E-state index contributed by atoms with van der Waals surface area (Å²) in [5.74, 6) is 0.684. The van der Waals surface area contributed by atoms with Gasteiger partial charge in [-0.15, -0.1) is 10.2 Å². The molecule has 56 valence electrons. The maximum absolute atomic E-state index is 4.02. The molecule has 10 heavy (non-hydrogen) atoms. The number of hydrogen-bond donors (Lipinski definition) is 0. The SMILES string of the molecule is CC(C)Cc1nnc(I)s1. The van der Waals surface area contributed by atoms with Gasteiger partial charge in [-0.25, -0.2) is 0 Å². The molecule has 0 radical (unpaired) electrons. The van der Waals surface area contributed by atoms with Crippen molar-refractivity contribution < 1.29 is 0 Å². The van der Waals surface area contributed by atoms with Crippen LogP contribution < -0.4 is 0 Å². The average molecular weight is 268 g/mol. The Hall–Kier alpha value is 0.290. The van der Waals surface area contributed by atoms with E-state index in [-0.39, 0.29) is 0 Å². The van der Waals surface area contributed by atoms with Gasteiger partial charge in [0, 0.05) is 6.42 Å². The van der Waals surface area contributed by atoms with Crippen molar-refractivity contribution in [2.45, 2.75) is 20.3 Å². The lowest BCUT2D eigenvalue weighted by Gasteiger charge is -1.96. The zero-order valence-electron chi connectivity index (χ0n) is 5.97. The van der Waals surface area contributed by atoms with Crippen LogP contribution in [0.5, 0.6) is 0 Å². The Labute approximate surface area is 78.2 Å². The third-order valence-electron chi connectivity index (χ3n) is 1.03. The molecule has 1 aromatic heterocycles. The standard InChI is InChI=1S/C6H9IN2S/c1-4(2)3-5-8-9-6(7)10-5/h4H,3H2,1-2H3. The molecule has 1 heterocycles. The molecule has 0 spiro atoms. The predicted molar refractivity (Wildman–Crippen MR) is 51.2 cm³/mol. The fraction of sp³-hybridized carbons (Fsp3) is 0.667. The normalized spacial score (nSPS) is 10.8. The van der Waals surface area contributed by atoms with Gasteiger partial charge in [0.2, 0.25) is 0 Å². The maximum atomic E-state index is 4.02. The molecule has 1 aromatic rings. The van der Waals surface area contributed by atoms with E-state index in [0.29, 0.717) is 5.92 Å². The molecule has 0 unspecified atom stereocenters. The van der Waals surface area contributed by atoms with Crippen molar-refractivity contribution in [3.63, 3.8) is 0 Å². The lowest BCUT2D eigenvalue weighted by molar-refractivity contribution is 0.639. The highest BCUT2D eigenvalue weighted by molar-refractivity contribution is 14.1. The van der Waals surface area contributed by atoms with Crippen molar-refractivity contribution in [3.05, 3.63) is 8.02 Å². The van der Waals surface area contributed by atoms with Gasteiger partial charge in [-0.1, -0.05) is 25.2 Å². The predicted octanol–water partition coefficient (Wildman–Crippen LogP) is 2.34. The highest BCUT2D eigenvalue weighted by Crippen LogP contribution is 2.14. The maximum Gasteiger partial charge on any atom is 0.178 e. The first kappa shape index (κ1) is 8.39. The summed E-state index contributed by atoms with van der Waals surface area (Å²) in [4.78, 5) is 0. The van der Waals surface area contributed by atoms with E-state index in [0.717, 1.165) is 14.4 Å². The lowest BCUT2D eigenvalue weighted by atomic mass is 10.1. The van der Waals surface area contributed by atoms with E-state index in [1.165, 1.54) is 0 Å². The van der Waals surface area contributed by atoms with Gasteiger partial charge < -0.3 is 0 Å². The molecule has 4 heteroatoms. The topological polar surface area (TPSA) is 25.8 Å². The van der Waals surface area contributed by atoms with Crippen molar-refractivity contribution in [1.29, 1.82) is 0 Å². The van der Waals surface area contributed by atoms with Gasteiger partial charge >= 0.3 is 0 Å². The summed E-state index contributed by atoms with van der Waals surface area (Å²) in [5, 5.41) is 9.09. The first-order chi connectivity index (χ1) is 4.68. The molecule has 0 atom stereocenters. The number of nitrogens with zero attached hydrogens (tertiary/aromatic N) is 2. The van der Waals surface area contributed by atoms with Crippen LogP contribution in [0.3, 0.4) is 0 Å². The Morgan fingerprint density at radius 3 is 2.60 bits per heavy atom. The smallest absolute Gasteiger partial charge is 0.143 e. The van der Waals surface area contributed by atoms with E-state index in [1.807, 2.05) is 0 Å². The molecule has 0 N–H and O–H groups in total. The summed E-state index contributed by atoms with van der Waals surface area (Å²) in [7, 11) is 0. The number of rotatable bonds is 2. The average Bonchev–Trinajstić information content (AvgIpc) is 2.13. The minimum absolute atomic E-state index is 0.684. The largest absolute Gasteiger partial charge is 0.178 e. The second-order valence-electron chi connectivity index (χ2n) is 2.55. The quantitative estimate of drug-likeness (QED) is 0.769. The van der Waals surface area contributed by atoms with Crippen LogP contribution in [0.15, 0.2) is 0 Å². The molecule has 0 aromatic carbocycles. The van der Waals surface area contributed by atoms with Gasteiger partial charge in [0.15, 0.2) is 3.01 Å². The fourth-order valence-electron chi connectivity index (χ4n) is 0.665. The fourth-order valence-corrected chi connectivity index (χ4v) is 2.31. The molecule has 1 rings (SSSR count). The van der Waals surface area contributed by atoms with Crippen LogP contribution in [-0.4, -0.2) is 10.2 Å². The van der Waals surface area contributed by atoms with E-state index in [9.17, 15) is 0 Å². The summed E-state index contributed by atoms with van der Waals surface area (Å²) < 4.78 is 1.04. The Bertz CT molecular complexity index is 209. The van der Waals surface area contributed by atoms with Crippen molar-refractivity contribution in [2.75, 3.05) is 0 Å². The highest BCUT2D eigenvalue weighted by atomic mass is 127. The van der Waals surface area contributed by atoms with Gasteiger partial charge in [-0.05, 0) is 28.5 Å². The van der Waals surface area contributed by atoms with Crippen molar-refractivity contribution in [2.24, 2.45) is 5.92 Å². The van der Waals surface area contributed by atoms with Crippen molar-refractivity contribution in [1.82, 2.24) is 10.2 Å². The van der Waals surface area contributed by atoms with Gasteiger partial charge in [-0.2, -0.15) is 0 Å². The van der Waals surface area contributed by atoms with Gasteiger partial charge in [-0.3, -0.25) is 0 Å². The summed E-state index contributed by atoms with van der Waals surface area (Å²) in [6.45, 7) is 4.38. The van der Waals surface area contributed by atoms with Gasteiger partial charge in [0.1, 0.15) is 5.01 Å². The molecule has 0 fully saturated rings. The van der Waals surface area contributed by atoms with Crippen molar-refractivity contribution >= 4 is 33.9 Å². The Morgan fingerprint density at radius 2 is 2.20 bits per heavy atom. The zero-order valence-corrected chi connectivity index (χ0v) is 8.94. The van der Waals surface area contributed by atoms with Crippen LogP contribution in [-0.2, 0) is 6.42 Å². The van der Waals surface area contributed by atoms with E-state index >= 15 is 0 Å².